The van der Waals surface area contributed by atoms with Crippen molar-refractivity contribution in [1.82, 2.24) is 0 Å². The average Bonchev–Trinajstić information content (AvgIpc) is 1.83. The molecule has 0 fully saturated rings. The standard InChI is InChI=1S/C6H14SSi/c1-3-8(2)6-4-5-7/h4,6-8H,3,5H2,1-2H3. The van der Waals surface area contributed by atoms with Gasteiger partial charge in [0.2, 0.25) is 0 Å². The summed E-state index contributed by atoms with van der Waals surface area (Å²) in [4.78, 5) is 0. The minimum atomic E-state index is -0.428. The quantitative estimate of drug-likeness (QED) is 0.456. The molecule has 0 aliphatic heterocycles. The number of hydrogen-bond donors (Lipinski definition) is 1. The molecule has 0 aromatic heterocycles. The third-order valence-corrected chi connectivity index (χ3v) is 3.64. The van der Waals surface area contributed by atoms with Crippen LogP contribution in [0.1, 0.15) is 6.92 Å². The van der Waals surface area contributed by atoms with Crippen LogP contribution in [0, 0.1) is 0 Å². The van der Waals surface area contributed by atoms with E-state index in [9.17, 15) is 0 Å². The van der Waals surface area contributed by atoms with Crippen LogP contribution in [0.15, 0.2) is 11.8 Å². The fourth-order valence-electron chi connectivity index (χ4n) is 0.429. The summed E-state index contributed by atoms with van der Waals surface area (Å²) in [5.41, 5.74) is 2.34. The SMILES string of the molecule is CC[SiH](C)C=CCS. The first-order valence-corrected chi connectivity index (χ1v) is 6.35. The van der Waals surface area contributed by atoms with Gasteiger partial charge in [0.05, 0.1) is 8.80 Å². The lowest BCUT2D eigenvalue weighted by Gasteiger charge is -1.94. The fraction of sp³-hybridized carbons (Fsp3) is 0.667. The molecule has 1 unspecified atom stereocenters. The summed E-state index contributed by atoms with van der Waals surface area (Å²) in [7, 11) is -0.428. The summed E-state index contributed by atoms with van der Waals surface area (Å²) >= 11 is 4.07. The van der Waals surface area contributed by atoms with Crippen LogP contribution in [-0.4, -0.2) is 14.5 Å². The largest absolute Gasteiger partial charge is 0.175 e. The van der Waals surface area contributed by atoms with Gasteiger partial charge in [0, 0.05) is 5.75 Å². The molecule has 0 nitrogen and oxygen atoms in total. The normalized spacial score (nSPS) is 14.9. The molecule has 0 aliphatic carbocycles. The lowest BCUT2D eigenvalue weighted by molar-refractivity contribution is 1.43. The first-order valence-electron chi connectivity index (χ1n) is 3.08. The highest BCUT2D eigenvalue weighted by atomic mass is 32.1. The Kier molecular flexibility index (Phi) is 5.65. The van der Waals surface area contributed by atoms with Crippen molar-refractivity contribution in [2.45, 2.75) is 19.5 Å². The van der Waals surface area contributed by atoms with Crippen molar-refractivity contribution in [3.8, 4) is 0 Å². The number of thiol groups is 1. The van der Waals surface area contributed by atoms with Gasteiger partial charge in [0.25, 0.3) is 0 Å². The molecule has 0 N–H and O–H groups in total. The second kappa shape index (κ2) is 5.44. The highest BCUT2D eigenvalue weighted by molar-refractivity contribution is 7.80. The van der Waals surface area contributed by atoms with Gasteiger partial charge in [-0.15, -0.1) is 5.70 Å². The van der Waals surface area contributed by atoms with Crippen molar-refractivity contribution < 1.29 is 0 Å². The van der Waals surface area contributed by atoms with Crippen molar-refractivity contribution in [2.75, 3.05) is 5.75 Å². The van der Waals surface area contributed by atoms with E-state index in [2.05, 4.69) is 37.9 Å². The third kappa shape index (κ3) is 4.47. The second-order valence-electron chi connectivity index (χ2n) is 2.00. The zero-order valence-electron chi connectivity index (χ0n) is 5.59. The van der Waals surface area contributed by atoms with Crippen LogP contribution in [0.3, 0.4) is 0 Å². The lowest BCUT2D eigenvalue weighted by Crippen LogP contribution is -1.98. The number of rotatable bonds is 3. The average molecular weight is 146 g/mol. The van der Waals surface area contributed by atoms with Crippen LogP contribution in [0.4, 0.5) is 0 Å². The van der Waals surface area contributed by atoms with Crippen LogP contribution in [0.5, 0.6) is 0 Å². The Labute approximate surface area is 59.0 Å². The Morgan fingerprint density at radius 2 is 2.25 bits per heavy atom. The van der Waals surface area contributed by atoms with Crippen molar-refractivity contribution in [1.29, 1.82) is 0 Å². The van der Waals surface area contributed by atoms with Gasteiger partial charge in [0.15, 0.2) is 0 Å². The van der Waals surface area contributed by atoms with Gasteiger partial charge in [-0.05, 0) is 0 Å². The Hall–Kier alpha value is 0.307. The summed E-state index contributed by atoms with van der Waals surface area (Å²) < 4.78 is 0. The van der Waals surface area contributed by atoms with E-state index in [4.69, 9.17) is 0 Å². The Morgan fingerprint density at radius 3 is 2.62 bits per heavy atom. The molecule has 0 rings (SSSR count). The molecule has 0 bridgehead atoms. The lowest BCUT2D eigenvalue weighted by atomic mass is 10.8. The van der Waals surface area contributed by atoms with Crippen LogP contribution < -0.4 is 0 Å². The topological polar surface area (TPSA) is 0 Å². The molecule has 0 saturated heterocycles. The summed E-state index contributed by atoms with van der Waals surface area (Å²) in [5, 5.41) is 0. The zero-order chi connectivity index (χ0) is 6.41. The van der Waals surface area contributed by atoms with Gasteiger partial charge in [0.1, 0.15) is 0 Å². The van der Waals surface area contributed by atoms with E-state index in [1.54, 1.807) is 0 Å². The highest BCUT2D eigenvalue weighted by Gasteiger charge is 1.89. The van der Waals surface area contributed by atoms with Gasteiger partial charge in [-0.1, -0.05) is 25.6 Å². The smallest absolute Gasteiger partial charge is 0.0578 e. The van der Waals surface area contributed by atoms with E-state index < -0.39 is 8.80 Å². The predicted molar refractivity (Wildman–Crippen MR) is 46.5 cm³/mol. The first kappa shape index (κ1) is 8.31. The van der Waals surface area contributed by atoms with E-state index in [1.807, 2.05) is 0 Å². The summed E-state index contributed by atoms with van der Waals surface area (Å²) in [6.07, 6.45) is 2.16. The summed E-state index contributed by atoms with van der Waals surface area (Å²) in [6, 6.07) is 1.37. The maximum absolute atomic E-state index is 4.07. The molecule has 0 aliphatic rings. The Bertz CT molecular complexity index is 70.9. The molecule has 0 radical (unpaired) electrons. The summed E-state index contributed by atoms with van der Waals surface area (Å²) in [5.74, 6) is 0.900. The van der Waals surface area contributed by atoms with E-state index in [-0.39, 0.29) is 0 Å². The molecular formula is C6H14SSi. The van der Waals surface area contributed by atoms with Gasteiger partial charge in [-0.3, -0.25) is 0 Å². The highest BCUT2D eigenvalue weighted by Crippen LogP contribution is 1.91. The molecule has 0 aromatic carbocycles. The molecule has 0 aromatic rings. The molecule has 1 atom stereocenters. The fourth-order valence-corrected chi connectivity index (χ4v) is 1.65. The molecule has 0 saturated carbocycles. The van der Waals surface area contributed by atoms with E-state index in [0.29, 0.717) is 0 Å². The Balaban J connectivity index is 3.21. The van der Waals surface area contributed by atoms with Gasteiger partial charge >= 0.3 is 0 Å². The van der Waals surface area contributed by atoms with Crippen LogP contribution >= 0.6 is 12.6 Å². The monoisotopic (exact) mass is 146 g/mol. The van der Waals surface area contributed by atoms with Crippen LogP contribution in [0.25, 0.3) is 0 Å². The van der Waals surface area contributed by atoms with Crippen molar-refractivity contribution in [3.63, 3.8) is 0 Å². The molecule has 2 heteroatoms. The maximum atomic E-state index is 4.07. The minimum Gasteiger partial charge on any atom is -0.175 e. The molecule has 48 valence electrons. The predicted octanol–water partition coefficient (Wildman–Crippen LogP) is 1.89. The summed E-state index contributed by atoms with van der Waals surface area (Å²) in [6.45, 7) is 4.60. The molecule has 0 amide bonds. The van der Waals surface area contributed by atoms with Crippen LogP contribution in [-0.2, 0) is 0 Å². The molecule has 8 heavy (non-hydrogen) atoms. The van der Waals surface area contributed by atoms with Crippen molar-refractivity contribution in [3.05, 3.63) is 11.8 Å². The van der Waals surface area contributed by atoms with Gasteiger partial charge in [-0.25, -0.2) is 0 Å². The Morgan fingerprint density at radius 1 is 1.62 bits per heavy atom. The van der Waals surface area contributed by atoms with Gasteiger partial charge in [-0.2, -0.15) is 12.6 Å². The first-order chi connectivity index (χ1) is 3.81. The van der Waals surface area contributed by atoms with Crippen molar-refractivity contribution >= 4 is 21.4 Å². The van der Waals surface area contributed by atoms with Crippen LogP contribution in [0.2, 0.25) is 12.6 Å². The van der Waals surface area contributed by atoms with Gasteiger partial charge < -0.3 is 0 Å². The van der Waals surface area contributed by atoms with Crippen molar-refractivity contribution in [2.24, 2.45) is 0 Å². The zero-order valence-corrected chi connectivity index (χ0v) is 7.64. The minimum absolute atomic E-state index is 0.428. The molecular weight excluding hydrogens is 132 g/mol. The van der Waals surface area contributed by atoms with E-state index in [0.717, 1.165) is 5.75 Å². The third-order valence-electron chi connectivity index (χ3n) is 1.21. The second-order valence-corrected chi connectivity index (χ2v) is 5.52. The van der Waals surface area contributed by atoms with E-state index >= 15 is 0 Å². The molecule has 0 spiro atoms. The maximum Gasteiger partial charge on any atom is 0.0578 e. The van der Waals surface area contributed by atoms with E-state index in [1.165, 1.54) is 6.04 Å². The number of hydrogen-bond acceptors (Lipinski definition) is 1. The molecule has 0 heterocycles.